The second kappa shape index (κ2) is 7.14. The van der Waals surface area contributed by atoms with Gasteiger partial charge in [-0.05, 0) is 36.4 Å². The van der Waals surface area contributed by atoms with Crippen molar-refractivity contribution in [1.82, 2.24) is 14.6 Å². The van der Waals surface area contributed by atoms with E-state index in [9.17, 15) is 9.90 Å². The number of aromatic carboxylic acids is 1. The fourth-order valence-corrected chi connectivity index (χ4v) is 3.41. The van der Waals surface area contributed by atoms with E-state index >= 15 is 0 Å². The molecule has 0 bridgehead atoms. The Kier molecular flexibility index (Phi) is 4.66. The van der Waals surface area contributed by atoms with Gasteiger partial charge in [0.2, 0.25) is 0 Å². The summed E-state index contributed by atoms with van der Waals surface area (Å²) in [6.07, 6.45) is 0. The Hall–Kier alpha value is -3.09. The van der Waals surface area contributed by atoms with E-state index in [0.29, 0.717) is 38.4 Å². The van der Waals surface area contributed by atoms with Crippen LogP contribution in [0.3, 0.4) is 0 Å². The van der Waals surface area contributed by atoms with Crippen LogP contribution in [0.1, 0.15) is 10.5 Å². The molecule has 0 aliphatic rings. The molecule has 2 aromatic carbocycles. The third kappa shape index (κ3) is 3.28. The van der Waals surface area contributed by atoms with Gasteiger partial charge >= 0.3 is 5.97 Å². The first-order valence-electron chi connectivity index (χ1n) is 8.20. The molecule has 0 fully saturated rings. The topological polar surface area (TPSA) is 76.7 Å². The van der Waals surface area contributed by atoms with Crippen LogP contribution < -0.4 is 4.74 Å². The molecule has 4 aromatic rings. The molecule has 0 unspecified atom stereocenters. The SMILES string of the molecule is COc1cccc(-c2cc(-c3ccc(Cl)cc3Cl)nc3cc(C(=O)O)nn23)c1. The average Bonchev–Trinajstić information content (AvgIpc) is 3.12. The van der Waals surface area contributed by atoms with Crippen LogP contribution in [0.2, 0.25) is 10.0 Å². The fraction of sp³-hybridized carbons (Fsp3) is 0.0500. The van der Waals surface area contributed by atoms with Crippen molar-refractivity contribution >= 4 is 34.8 Å². The van der Waals surface area contributed by atoms with Crippen LogP contribution in [-0.2, 0) is 0 Å². The molecule has 0 atom stereocenters. The van der Waals surface area contributed by atoms with Gasteiger partial charge in [0.1, 0.15) is 5.75 Å². The first-order chi connectivity index (χ1) is 13.5. The van der Waals surface area contributed by atoms with Crippen molar-refractivity contribution in [2.45, 2.75) is 0 Å². The maximum Gasteiger partial charge on any atom is 0.356 e. The highest BCUT2D eigenvalue weighted by Gasteiger charge is 2.17. The molecule has 0 amide bonds. The summed E-state index contributed by atoms with van der Waals surface area (Å²) >= 11 is 12.4. The Bertz CT molecular complexity index is 1220. The molecule has 6 nitrogen and oxygen atoms in total. The van der Waals surface area contributed by atoms with Crippen molar-refractivity contribution < 1.29 is 14.6 Å². The average molecular weight is 414 g/mol. The first-order valence-corrected chi connectivity index (χ1v) is 8.96. The molecule has 0 aliphatic heterocycles. The summed E-state index contributed by atoms with van der Waals surface area (Å²) in [7, 11) is 1.58. The molecule has 8 heteroatoms. The molecule has 0 radical (unpaired) electrons. The van der Waals surface area contributed by atoms with Gasteiger partial charge in [-0.2, -0.15) is 5.10 Å². The van der Waals surface area contributed by atoms with E-state index in [1.54, 1.807) is 31.4 Å². The highest BCUT2D eigenvalue weighted by Crippen LogP contribution is 2.33. The monoisotopic (exact) mass is 413 g/mol. The van der Waals surface area contributed by atoms with Crippen molar-refractivity contribution in [3.63, 3.8) is 0 Å². The summed E-state index contributed by atoms with van der Waals surface area (Å²) in [4.78, 5) is 16.0. The van der Waals surface area contributed by atoms with E-state index in [2.05, 4.69) is 10.1 Å². The molecule has 0 saturated heterocycles. The normalized spacial score (nSPS) is 11.0. The van der Waals surface area contributed by atoms with Gasteiger partial charge in [0, 0.05) is 22.2 Å². The summed E-state index contributed by atoms with van der Waals surface area (Å²) in [6.45, 7) is 0. The smallest absolute Gasteiger partial charge is 0.356 e. The summed E-state index contributed by atoms with van der Waals surface area (Å²) in [5.41, 5.74) is 2.98. The molecule has 2 heterocycles. The fourth-order valence-electron chi connectivity index (χ4n) is 2.90. The van der Waals surface area contributed by atoms with E-state index in [4.69, 9.17) is 27.9 Å². The molecule has 140 valence electrons. The largest absolute Gasteiger partial charge is 0.497 e. The Labute approximate surface area is 169 Å². The van der Waals surface area contributed by atoms with Gasteiger partial charge in [-0.15, -0.1) is 0 Å². The molecular formula is C20H13Cl2N3O3. The zero-order valence-electron chi connectivity index (χ0n) is 14.6. The lowest BCUT2D eigenvalue weighted by atomic mass is 10.1. The number of halogens is 2. The summed E-state index contributed by atoms with van der Waals surface area (Å²) in [6, 6.07) is 15.7. The minimum Gasteiger partial charge on any atom is -0.497 e. The van der Waals surface area contributed by atoms with E-state index in [1.807, 2.05) is 24.3 Å². The Morgan fingerprint density at radius 3 is 2.64 bits per heavy atom. The number of carboxylic acids is 1. The van der Waals surface area contributed by atoms with E-state index in [-0.39, 0.29) is 5.69 Å². The number of benzene rings is 2. The number of fused-ring (bicyclic) bond motifs is 1. The first kappa shape index (κ1) is 18.3. The van der Waals surface area contributed by atoms with Crippen LogP contribution in [0.5, 0.6) is 5.75 Å². The van der Waals surface area contributed by atoms with Crippen molar-refractivity contribution in [1.29, 1.82) is 0 Å². The van der Waals surface area contributed by atoms with E-state index < -0.39 is 5.97 Å². The van der Waals surface area contributed by atoms with Crippen LogP contribution in [0.25, 0.3) is 28.2 Å². The number of nitrogens with zero attached hydrogens (tertiary/aromatic N) is 3. The van der Waals surface area contributed by atoms with Gasteiger partial charge in [0.15, 0.2) is 11.3 Å². The molecule has 2 aromatic heterocycles. The van der Waals surface area contributed by atoms with Gasteiger partial charge < -0.3 is 9.84 Å². The van der Waals surface area contributed by atoms with Crippen LogP contribution in [-0.4, -0.2) is 32.8 Å². The highest BCUT2D eigenvalue weighted by atomic mass is 35.5. The molecular weight excluding hydrogens is 401 g/mol. The van der Waals surface area contributed by atoms with Gasteiger partial charge in [0.25, 0.3) is 0 Å². The van der Waals surface area contributed by atoms with Crippen LogP contribution in [0, 0.1) is 0 Å². The minimum absolute atomic E-state index is 0.101. The van der Waals surface area contributed by atoms with E-state index in [1.165, 1.54) is 10.6 Å². The number of ether oxygens (including phenoxy) is 1. The highest BCUT2D eigenvalue weighted by molar-refractivity contribution is 6.36. The van der Waals surface area contributed by atoms with Crippen molar-refractivity contribution in [2.24, 2.45) is 0 Å². The second-order valence-electron chi connectivity index (χ2n) is 5.99. The zero-order chi connectivity index (χ0) is 19.8. The number of hydrogen-bond acceptors (Lipinski definition) is 4. The van der Waals surface area contributed by atoms with Gasteiger partial charge in [0.05, 0.1) is 23.5 Å². The third-order valence-electron chi connectivity index (χ3n) is 4.22. The lowest BCUT2D eigenvalue weighted by Crippen LogP contribution is -2.01. The Balaban J connectivity index is 2.01. The van der Waals surface area contributed by atoms with Gasteiger partial charge in [-0.3, -0.25) is 0 Å². The predicted molar refractivity (Wildman–Crippen MR) is 107 cm³/mol. The van der Waals surface area contributed by atoms with E-state index in [0.717, 1.165) is 5.56 Å². The quantitative estimate of drug-likeness (QED) is 0.504. The molecule has 1 N–H and O–H groups in total. The summed E-state index contributed by atoms with van der Waals surface area (Å²) in [5.74, 6) is -0.465. The molecule has 28 heavy (non-hydrogen) atoms. The van der Waals surface area contributed by atoms with Crippen LogP contribution >= 0.6 is 23.2 Å². The van der Waals surface area contributed by atoms with Crippen LogP contribution in [0.4, 0.5) is 0 Å². The maximum atomic E-state index is 11.4. The molecule has 4 rings (SSSR count). The number of carbonyl (C=O) groups is 1. The lowest BCUT2D eigenvalue weighted by molar-refractivity contribution is 0.0690. The van der Waals surface area contributed by atoms with Crippen LogP contribution in [0.15, 0.2) is 54.6 Å². The Morgan fingerprint density at radius 2 is 1.93 bits per heavy atom. The standard InChI is InChI=1S/C20H13Cl2N3O3/c1-28-13-4-2-3-11(7-13)18-9-16(14-6-5-12(21)8-15(14)22)23-19-10-17(20(26)27)24-25(18)19/h2-10H,1H3,(H,26,27). The van der Waals surface area contributed by atoms with Gasteiger partial charge in [-0.1, -0.05) is 35.3 Å². The minimum atomic E-state index is -1.13. The number of aromatic nitrogens is 3. The third-order valence-corrected chi connectivity index (χ3v) is 4.77. The predicted octanol–water partition coefficient (Wildman–Crippen LogP) is 5.08. The zero-order valence-corrected chi connectivity index (χ0v) is 16.1. The van der Waals surface area contributed by atoms with Gasteiger partial charge in [-0.25, -0.2) is 14.3 Å². The maximum absolute atomic E-state index is 11.4. The Morgan fingerprint density at radius 1 is 1.11 bits per heavy atom. The summed E-state index contributed by atoms with van der Waals surface area (Å²) < 4.78 is 6.80. The second-order valence-corrected chi connectivity index (χ2v) is 6.83. The van der Waals surface area contributed by atoms with Crippen molar-refractivity contribution in [3.8, 4) is 28.3 Å². The van der Waals surface area contributed by atoms with Crippen molar-refractivity contribution in [2.75, 3.05) is 7.11 Å². The molecule has 0 spiro atoms. The van der Waals surface area contributed by atoms with Crippen molar-refractivity contribution in [3.05, 3.63) is 70.3 Å². The molecule has 0 saturated carbocycles. The molecule has 0 aliphatic carbocycles. The number of carboxylic acid groups (broad SMARTS) is 1. The summed E-state index contributed by atoms with van der Waals surface area (Å²) in [5, 5.41) is 14.5. The number of rotatable bonds is 4. The number of hydrogen-bond donors (Lipinski definition) is 1. The lowest BCUT2D eigenvalue weighted by Gasteiger charge is -2.11. The number of methoxy groups -OCH3 is 1.